The lowest BCUT2D eigenvalue weighted by atomic mass is 10.2. The van der Waals surface area contributed by atoms with Gasteiger partial charge >= 0.3 is 5.97 Å². The van der Waals surface area contributed by atoms with Crippen molar-refractivity contribution < 1.29 is 27.8 Å². The van der Waals surface area contributed by atoms with E-state index in [2.05, 4.69) is 15.5 Å². The first kappa shape index (κ1) is 19.3. The summed E-state index contributed by atoms with van der Waals surface area (Å²) < 4.78 is 35.7. The van der Waals surface area contributed by atoms with Gasteiger partial charge in [0.15, 0.2) is 15.7 Å². The third-order valence-electron chi connectivity index (χ3n) is 3.69. The molecule has 0 radical (unpaired) electrons. The van der Waals surface area contributed by atoms with Crippen LogP contribution in [0.25, 0.3) is 0 Å². The Hall–Kier alpha value is -3.47. The summed E-state index contributed by atoms with van der Waals surface area (Å²) in [7, 11) is -1.67. The van der Waals surface area contributed by atoms with Gasteiger partial charge in [-0.15, -0.1) is 5.10 Å². The molecule has 11 heteroatoms. The first-order chi connectivity index (χ1) is 13.2. The molecule has 0 bridgehead atoms. The quantitative estimate of drug-likeness (QED) is 0.624. The summed E-state index contributed by atoms with van der Waals surface area (Å²) >= 11 is 0. The molecule has 0 unspecified atom stereocenters. The molecule has 3 aromatic rings. The number of benzene rings is 2. The molecule has 0 spiro atoms. The van der Waals surface area contributed by atoms with E-state index in [-0.39, 0.29) is 28.6 Å². The summed E-state index contributed by atoms with van der Waals surface area (Å²) in [6.07, 6.45) is 1.11. The average molecular weight is 404 g/mol. The molecule has 1 heterocycles. The summed E-state index contributed by atoms with van der Waals surface area (Å²) in [6.45, 7) is 0.0368. The standard InChI is InChI=1S/C17H16N4O6S/c1-21-16(18-19-20-21)10-26-13-7-11(17(22)23)8-14(9-13)27-12-3-5-15(6-4-12)28(2,24)25/h3-9H,10H2,1-2H3,(H,22,23). The fourth-order valence-electron chi connectivity index (χ4n) is 2.25. The van der Waals surface area contributed by atoms with Gasteiger partial charge in [0.1, 0.15) is 23.9 Å². The number of aryl methyl sites for hydroxylation is 1. The van der Waals surface area contributed by atoms with E-state index in [1.807, 2.05) is 0 Å². The van der Waals surface area contributed by atoms with E-state index in [1.165, 1.54) is 47.1 Å². The van der Waals surface area contributed by atoms with Crippen molar-refractivity contribution in [1.82, 2.24) is 20.2 Å². The van der Waals surface area contributed by atoms with Crippen LogP contribution in [0.2, 0.25) is 0 Å². The van der Waals surface area contributed by atoms with E-state index in [0.29, 0.717) is 11.6 Å². The predicted octanol–water partition coefficient (Wildman–Crippen LogP) is 1.68. The molecule has 2 aromatic carbocycles. The maximum atomic E-state index is 11.5. The van der Waals surface area contributed by atoms with Crippen molar-refractivity contribution in [3.8, 4) is 17.2 Å². The van der Waals surface area contributed by atoms with Gasteiger partial charge in [-0.1, -0.05) is 0 Å². The lowest BCUT2D eigenvalue weighted by molar-refractivity contribution is 0.0696. The predicted molar refractivity (Wildman–Crippen MR) is 96.2 cm³/mol. The Morgan fingerprint density at radius 3 is 2.36 bits per heavy atom. The maximum Gasteiger partial charge on any atom is 0.335 e. The van der Waals surface area contributed by atoms with Gasteiger partial charge in [0.2, 0.25) is 0 Å². The molecule has 28 heavy (non-hydrogen) atoms. The van der Waals surface area contributed by atoms with Gasteiger partial charge in [0.25, 0.3) is 0 Å². The molecule has 1 aromatic heterocycles. The van der Waals surface area contributed by atoms with Gasteiger partial charge in [0.05, 0.1) is 10.5 Å². The van der Waals surface area contributed by atoms with Crippen molar-refractivity contribution in [3.63, 3.8) is 0 Å². The van der Waals surface area contributed by atoms with Gasteiger partial charge < -0.3 is 14.6 Å². The fourth-order valence-corrected chi connectivity index (χ4v) is 2.88. The Bertz CT molecular complexity index is 1110. The number of carboxylic acid groups (broad SMARTS) is 1. The molecule has 0 aliphatic carbocycles. The van der Waals surface area contributed by atoms with Crippen LogP contribution in [0.1, 0.15) is 16.2 Å². The van der Waals surface area contributed by atoms with Crippen LogP contribution in [0.5, 0.6) is 17.2 Å². The highest BCUT2D eigenvalue weighted by molar-refractivity contribution is 7.90. The highest BCUT2D eigenvalue weighted by Crippen LogP contribution is 2.28. The normalized spacial score (nSPS) is 11.2. The summed E-state index contributed by atoms with van der Waals surface area (Å²) in [4.78, 5) is 11.5. The van der Waals surface area contributed by atoms with Crippen LogP contribution in [0, 0.1) is 0 Å². The number of aromatic nitrogens is 4. The zero-order valence-electron chi connectivity index (χ0n) is 14.9. The van der Waals surface area contributed by atoms with E-state index < -0.39 is 15.8 Å². The number of rotatable bonds is 7. The van der Waals surface area contributed by atoms with Gasteiger partial charge in [-0.05, 0) is 46.8 Å². The fraction of sp³-hybridized carbons (Fsp3) is 0.176. The number of carboxylic acids is 1. The Morgan fingerprint density at radius 2 is 1.79 bits per heavy atom. The third kappa shape index (κ3) is 4.62. The number of tetrazole rings is 1. The number of ether oxygens (including phenoxy) is 2. The molecule has 0 atom stereocenters. The van der Waals surface area contributed by atoms with Crippen molar-refractivity contribution in [1.29, 1.82) is 0 Å². The molecular weight excluding hydrogens is 388 g/mol. The molecular formula is C17H16N4O6S. The molecule has 0 saturated heterocycles. The molecule has 10 nitrogen and oxygen atoms in total. The lowest BCUT2D eigenvalue weighted by Crippen LogP contribution is -2.05. The van der Waals surface area contributed by atoms with Crippen LogP contribution < -0.4 is 9.47 Å². The zero-order valence-corrected chi connectivity index (χ0v) is 15.8. The summed E-state index contributed by atoms with van der Waals surface area (Å²) in [5.41, 5.74) is -0.0312. The van der Waals surface area contributed by atoms with E-state index >= 15 is 0 Å². The van der Waals surface area contributed by atoms with Crippen LogP contribution in [0.4, 0.5) is 0 Å². The first-order valence-electron chi connectivity index (χ1n) is 7.93. The van der Waals surface area contributed by atoms with Crippen LogP contribution in [0.15, 0.2) is 47.4 Å². The summed E-state index contributed by atoms with van der Waals surface area (Å²) in [5, 5.41) is 20.3. The minimum Gasteiger partial charge on any atom is -0.485 e. The van der Waals surface area contributed by atoms with Crippen LogP contribution in [-0.4, -0.2) is 46.0 Å². The Morgan fingerprint density at radius 1 is 1.11 bits per heavy atom. The maximum absolute atomic E-state index is 11.5. The van der Waals surface area contributed by atoms with E-state index in [1.54, 1.807) is 7.05 Å². The second-order valence-electron chi connectivity index (χ2n) is 5.85. The van der Waals surface area contributed by atoms with E-state index in [9.17, 15) is 18.3 Å². The van der Waals surface area contributed by atoms with Gasteiger partial charge in [-0.25, -0.2) is 17.9 Å². The Labute approximate surface area is 160 Å². The van der Waals surface area contributed by atoms with Crippen molar-refractivity contribution in [2.45, 2.75) is 11.5 Å². The minimum absolute atomic E-state index is 0.0312. The second-order valence-corrected chi connectivity index (χ2v) is 7.87. The molecule has 146 valence electrons. The number of sulfone groups is 1. The monoisotopic (exact) mass is 404 g/mol. The van der Waals surface area contributed by atoms with Crippen molar-refractivity contribution >= 4 is 15.8 Å². The number of nitrogens with zero attached hydrogens (tertiary/aromatic N) is 4. The molecule has 0 aliphatic rings. The Balaban J connectivity index is 1.82. The van der Waals surface area contributed by atoms with E-state index in [0.717, 1.165) is 6.26 Å². The lowest BCUT2D eigenvalue weighted by Gasteiger charge is -2.11. The van der Waals surface area contributed by atoms with E-state index in [4.69, 9.17) is 9.47 Å². The SMILES string of the molecule is Cn1nnnc1COc1cc(Oc2ccc(S(C)(=O)=O)cc2)cc(C(=O)O)c1. The minimum atomic E-state index is -3.32. The number of carbonyl (C=O) groups is 1. The van der Waals surface area contributed by atoms with Crippen molar-refractivity contribution in [2.75, 3.05) is 6.26 Å². The molecule has 0 saturated carbocycles. The number of hydrogen-bond donors (Lipinski definition) is 1. The highest BCUT2D eigenvalue weighted by Gasteiger charge is 2.12. The zero-order chi connectivity index (χ0) is 20.3. The third-order valence-corrected chi connectivity index (χ3v) is 4.82. The molecule has 0 fully saturated rings. The highest BCUT2D eigenvalue weighted by atomic mass is 32.2. The van der Waals surface area contributed by atoms with Crippen molar-refractivity contribution in [3.05, 3.63) is 53.9 Å². The van der Waals surface area contributed by atoms with Crippen LogP contribution >= 0.6 is 0 Å². The smallest absolute Gasteiger partial charge is 0.335 e. The number of aromatic carboxylic acids is 1. The molecule has 0 amide bonds. The first-order valence-corrected chi connectivity index (χ1v) is 9.82. The van der Waals surface area contributed by atoms with Gasteiger partial charge in [-0.3, -0.25) is 0 Å². The molecule has 3 rings (SSSR count). The van der Waals surface area contributed by atoms with Gasteiger partial charge in [0, 0.05) is 19.4 Å². The largest absolute Gasteiger partial charge is 0.485 e. The topological polar surface area (TPSA) is 133 Å². The number of hydrogen-bond acceptors (Lipinski definition) is 8. The molecule has 1 N–H and O–H groups in total. The van der Waals surface area contributed by atoms with Gasteiger partial charge in [-0.2, -0.15) is 0 Å². The second kappa shape index (κ2) is 7.64. The summed E-state index contributed by atoms with van der Waals surface area (Å²) in [6, 6.07) is 9.98. The Kier molecular flexibility index (Phi) is 5.27. The van der Waals surface area contributed by atoms with Crippen molar-refractivity contribution in [2.24, 2.45) is 7.05 Å². The summed E-state index contributed by atoms with van der Waals surface area (Å²) in [5.74, 6) is 0.129. The van der Waals surface area contributed by atoms with Crippen LogP contribution in [-0.2, 0) is 23.5 Å². The van der Waals surface area contributed by atoms with Crippen LogP contribution in [0.3, 0.4) is 0 Å². The average Bonchev–Trinajstić information content (AvgIpc) is 3.04. The molecule has 0 aliphatic heterocycles.